The molecule has 0 aliphatic heterocycles. The fourth-order valence-electron chi connectivity index (χ4n) is 1.52. The average Bonchev–Trinajstić information content (AvgIpc) is 2.27. The van der Waals surface area contributed by atoms with E-state index in [1.54, 1.807) is 0 Å². The van der Waals surface area contributed by atoms with Gasteiger partial charge in [0.1, 0.15) is 0 Å². The van der Waals surface area contributed by atoms with Crippen molar-refractivity contribution in [2.24, 2.45) is 0 Å². The third-order valence-electron chi connectivity index (χ3n) is 2.47. The average molecular weight is 227 g/mol. The molecule has 0 saturated heterocycles. The highest BCUT2D eigenvalue weighted by molar-refractivity contribution is 6.30. The summed E-state index contributed by atoms with van der Waals surface area (Å²) in [6, 6.07) is 7.60. The molecule has 0 saturated carbocycles. The summed E-state index contributed by atoms with van der Waals surface area (Å²) in [5.41, 5.74) is 1.13. The van der Waals surface area contributed by atoms with Crippen LogP contribution in [0.25, 0.3) is 0 Å². The molecule has 1 atom stereocenters. The first-order valence-corrected chi connectivity index (χ1v) is 5.37. The van der Waals surface area contributed by atoms with E-state index in [-0.39, 0.29) is 11.9 Å². The zero-order chi connectivity index (χ0) is 11.3. The molecule has 1 aromatic rings. The van der Waals surface area contributed by atoms with Gasteiger partial charge in [0.15, 0.2) is 0 Å². The minimum absolute atomic E-state index is 0.170. The first-order valence-electron chi connectivity index (χ1n) is 4.99. The standard InChI is InChI=1S/C12H15ClO2/c1-3-9(8-12(14)15-2)10-4-6-11(13)7-5-10/h4-7,9H,3,8H2,1-2H3/t9-/m1/s1. The smallest absolute Gasteiger partial charge is 0.306 e. The topological polar surface area (TPSA) is 26.3 Å². The number of hydrogen-bond donors (Lipinski definition) is 0. The van der Waals surface area contributed by atoms with Gasteiger partial charge in [-0.2, -0.15) is 0 Å². The van der Waals surface area contributed by atoms with Gasteiger partial charge in [-0.1, -0.05) is 30.7 Å². The monoisotopic (exact) mass is 226 g/mol. The second-order valence-corrected chi connectivity index (χ2v) is 3.87. The summed E-state index contributed by atoms with van der Waals surface area (Å²) in [6.45, 7) is 2.06. The molecule has 0 radical (unpaired) electrons. The molecule has 0 aliphatic rings. The Kier molecular flexibility index (Phi) is 4.63. The molecule has 2 nitrogen and oxygen atoms in total. The van der Waals surface area contributed by atoms with E-state index in [0.717, 1.165) is 12.0 Å². The van der Waals surface area contributed by atoms with Crippen LogP contribution < -0.4 is 0 Å². The van der Waals surface area contributed by atoms with Gasteiger partial charge in [0, 0.05) is 5.02 Å². The Bertz CT molecular complexity index is 319. The Morgan fingerprint density at radius 1 is 1.40 bits per heavy atom. The number of carbonyl (C=O) groups is 1. The SMILES string of the molecule is CC[C@H](CC(=O)OC)c1ccc(Cl)cc1. The van der Waals surface area contributed by atoms with Crippen LogP contribution >= 0.6 is 11.6 Å². The van der Waals surface area contributed by atoms with Gasteiger partial charge in [-0.05, 0) is 30.0 Å². The summed E-state index contributed by atoms with van der Waals surface area (Å²) < 4.78 is 4.66. The molecule has 0 aliphatic carbocycles. The molecule has 0 N–H and O–H groups in total. The first-order chi connectivity index (χ1) is 7.17. The van der Waals surface area contributed by atoms with E-state index in [0.29, 0.717) is 11.4 Å². The summed E-state index contributed by atoms with van der Waals surface area (Å²) in [6.07, 6.45) is 1.34. The van der Waals surface area contributed by atoms with Crippen molar-refractivity contribution < 1.29 is 9.53 Å². The molecule has 1 aromatic carbocycles. The van der Waals surface area contributed by atoms with Gasteiger partial charge in [0.05, 0.1) is 13.5 Å². The van der Waals surface area contributed by atoms with Crippen LogP contribution in [0, 0.1) is 0 Å². The first kappa shape index (κ1) is 12.1. The lowest BCUT2D eigenvalue weighted by Crippen LogP contribution is -2.07. The van der Waals surface area contributed by atoms with E-state index in [9.17, 15) is 4.79 Å². The number of ether oxygens (including phenoxy) is 1. The Morgan fingerprint density at radius 2 is 2.00 bits per heavy atom. The van der Waals surface area contributed by atoms with Crippen LogP contribution in [-0.2, 0) is 9.53 Å². The molecule has 3 heteroatoms. The highest BCUT2D eigenvalue weighted by atomic mass is 35.5. The lowest BCUT2D eigenvalue weighted by atomic mass is 9.93. The number of esters is 1. The van der Waals surface area contributed by atoms with Crippen molar-refractivity contribution in [1.82, 2.24) is 0 Å². The fourth-order valence-corrected chi connectivity index (χ4v) is 1.64. The molecular formula is C12H15ClO2. The van der Waals surface area contributed by atoms with Crippen LogP contribution in [0.4, 0.5) is 0 Å². The summed E-state index contributed by atoms with van der Waals surface area (Å²) in [5, 5.41) is 0.715. The number of benzene rings is 1. The van der Waals surface area contributed by atoms with Crippen LogP contribution in [0.5, 0.6) is 0 Å². The molecule has 15 heavy (non-hydrogen) atoms. The van der Waals surface area contributed by atoms with E-state index in [2.05, 4.69) is 11.7 Å². The second kappa shape index (κ2) is 5.76. The third-order valence-corrected chi connectivity index (χ3v) is 2.73. The van der Waals surface area contributed by atoms with Crippen LogP contribution in [0.3, 0.4) is 0 Å². The Balaban J connectivity index is 2.74. The highest BCUT2D eigenvalue weighted by Gasteiger charge is 2.14. The predicted molar refractivity (Wildman–Crippen MR) is 61.1 cm³/mol. The number of rotatable bonds is 4. The summed E-state index contributed by atoms with van der Waals surface area (Å²) in [4.78, 5) is 11.2. The molecule has 1 rings (SSSR count). The maximum absolute atomic E-state index is 11.2. The number of halogens is 1. The van der Waals surface area contributed by atoms with E-state index >= 15 is 0 Å². The van der Waals surface area contributed by atoms with E-state index in [1.165, 1.54) is 7.11 Å². The highest BCUT2D eigenvalue weighted by Crippen LogP contribution is 2.24. The van der Waals surface area contributed by atoms with Crippen LogP contribution in [0.1, 0.15) is 31.2 Å². The lowest BCUT2D eigenvalue weighted by Gasteiger charge is -2.13. The van der Waals surface area contributed by atoms with Crippen molar-refractivity contribution in [3.63, 3.8) is 0 Å². The van der Waals surface area contributed by atoms with Crippen molar-refractivity contribution in [1.29, 1.82) is 0 Å². The molecule has 82 valence electrons. The van der Waals surface area contributed by atoms with Crippen LogP contribution in [-0.4, -0.2) is 13.1 Å². The molecule has 0 fully saturated rings. The number of hydrogen-bond acceptors (Lipinski definition) is 2. The number of methoxy groups -OCH3 is 1. The van der Waals surface area contributed by atoms with Gasteiger partial charge in [-0.25, -0.2) is 0 Å². The lowest BCUT2D eigenvalue weighted by molar-refractivity contribution is -0.141. The molecule has 0 amide bonds. The molecule has 0 heterocycles. The van der Waals surface area contributed by atoms with Gasteiger partial charge in [0.25, 0.3) is 0 Å². The third kappa shape index (κ3) is 3.56. The fraction of sp³-hybridized carbons (Fsp3) is 0.417. The summed E-state index contributed by atoms with van der Waals surface area (Å²) in [5.74, 6) is 0.0477. The summed E-state index contributed by atoms with van der Waals surface area (Å²) >= 11 is 5.80. The molecule has 0 bridgehead atoms. The van der Waals surface area contributed by atoms with Gasteiger partial charge in [-0.3, -0.25) is 4.79 Å². The van der Waals surface area contributed by atoms with Crippen molar-refractivity contribution in [2.75, 3.05) is 7.11 Å². The molecule has 0 unspecified atom stereocenters. The van der Waals surface area contributed by atoms with Crippen molar-refractivity contribution in [3.8, 4) is 0 Å². The zero-order valence-corrected chi connectivity index (χ0v) is 9.75. The Labute approximate surface area is 95.2 Å². The second-order valence-electron chi connectivity index (χ2n) is 3.44. The molecule has 0 spiro atoms. The number of carbonyl (C=O) groups excluding carboxylic acids is 1. The predicted octanol–water partition coefficient (Wildman–Crippen LogP) is 3.40. The van der Waals surface area contributed by atoms with Gasteiger partial charge < -0.3 is 4.74 Å². The van der Waals surface area contributed by atoms with Gasteiger partial charge in [-0.15, -0.1) is 0 Å². The largest absolute Gasteiger partial charge is 0.469 e. The van der Waals surface area contributed by atoms with Gasteiger partial charge >= 0.3 is 5.97 Å². The Morgan fingerprint density at radius 3 is 2.47 bits per heavy atom. The molecule has 0 aromatic heterocycles. The van der Waals surface area contributed by atoms with Crippen molar-refractivity contribution >= 4 is 17.6 Å². The minimum atomic E-state index is -0.170. The quantitative estimate of drug-likeness (QED) is 0.736. The maximum Gasteiger partial charge on any atom is 0.306 e. The van der Waals surface area contributed by atoms with Crippen molar-refractivity contribution in [2.45, 2.75) is 25.7 Å². The molecular weight excluding hydrogens is 212 g/mol. The minimum Gasteiger partial charge on any atom is -0.469 e. The maximum atomic E-state index is 11.2. The normalized spacial score (nSPS) is 12.2. The zero-order valence-electron chi connectivity index (χ0n) is 9.00. The van der Waals surface area contributed by atoms with Crippen LogP contribution in [0.2, 0.25) is 5.02 Å². The van der Waals surface area contributed by atoms with E-state index in [4.69, 9.17) is 11.6 Å². The summed E-state index contributed by atoms with van der Waals surface area (Å²) in [7, 11) is 1.41. The van der Waals surface area contributed by atoms with Gasteiger partial charge in [0.2, 0.25) is 0 Å². The van der Waals surface area contributed by atoms with E-state index in [1.807, 2.05) is 24.3 Å². The van der Waals surface area contributed by atoms with Crippen LogP contribution in [0.15, 0.2) is 24.3 Å². The van der Waals surface area contributed by atoms with E-state index < -0.39 is 0 Å². The Hall–Kier alpha value is -1.02. The van der Waals surface area contributed by atoms with Crippen molar-refractivity contribution in [3.05, 3.63) is 34.9 Å².